The minimum Gasteiger partial charge on any atom is -0.376 e. The monoisotopic (exact) mass is 218 g/mol. The summed E-state index contributed by atoms with van der Waals surface area (Å²) in [5, 5.41) is 2.48. The van der Waals surface area contributed by atoms with Crippen LogP contribution in [0.2, 0.25) is 0 Å². The number of hydrogen-bond acceptors (Lipinski definition) is 4. The number of thiocarbonyl (C=S) groups is 1. The first kappa shape index (κ1) is 9.68. The number of rotatable bonds is 1. The number of anilines is 1. The number of aromatic amines is 1. The number of aromatic nitrogens is 2. The summed E-state index contributed by atoms with van der Waals surface area (Å²) in [5.74, 6) is 0.189. The van der Waals surface area contributed by atoms with Gasteiger partial charge in [0.2, 0.25) is 16.2 Å². The van der Waals surface area contributed by atoms with Crippen molar-refractivity contribution in [1.82, 2.24) is 9.97 Å². The van der Waals surface area contributed by atoms with Crippen molar-refractivity contribution >= 4 is 33.6 Å². The Hall–Kier alpha value is -1.41. The molecule has 0 aliphatic rings. The van der Waals surface area contributed by atoms with E-state index in [1.807, 2.05) is 0 Å². The van der Waals surface area contributed by atoms with Gasteiger partial charge in [-0.05, 0) is 18.3 Å². The molecule has 0 amide bonds. The molecule has 1 aromatic rings. The molecule has 0 spiro atoms. The Labute approximate surface area is 80.3 Å². The van der Waals surface area contributed by atoms with E-state index in [0.717, 1.165) is 0 Å². The summed E-state index contributed by atoms with van der Waals surface area (Å²) in [6, 6.07) is 1.31. The molecule has 4 N–H and O–H groups in total. The first-order valence-electron chi connectivity index (χ1n) is 3.13. The van der Waals surface area contributed by atoms with E-state index in [9.17, 15) is 8.42 Å². The Balaban J connectivity index is 3.22. The summed E-state index contributed by atoms with van der Waals surface area (Å²) in [5.41, 5.74) is 5.16. The van der Waals surface area contributed by atoms with E-state index in [1.54, 1.807) is 0 Å². The molecule has 0 fully saturated rings. The molecule has 1 rings (SSSR count). The average molecular weight is 218 g/mol. The Kier molecular flexibility index (Phi) is 2.98. The molecule has 0 aromatic carbocycles. The van der Waals surface area contributed by atoms with Crippen LogP contribution in [0.25, 0.3) is 0 Å². The van der Waals surface area contributed by atoms with Crippen LogP contribution in [-0.4, -0.2) is 23.5 Å². The highest BCUT2D eigenvalue weighted by Gasteiger charge is 1.93. The van der Waals surface area contributed by atoms with Crippen LogP contribution in [0.3, 0.4) is 0 Å². The van der Waals surface area contributed by atoms with Crippen molar-refractivity contribution in [3.63, 3.8) is 0 Å². The molecule has 0 saturated carbocycles. The van der Waals surface area contributed by atoms with E-state index in [4.69, 9.17) is 5.73 Å². The van der Waals surface area contributed by atoms with E-state index in [0.29, 0.717) is 0 Å². The fourth-order valence-electron chi connectivity index (χ4n) is 0.648. The normalized spacial score (nSPS) is 9.23. The quantitative estimate of drug-likeness (QED) is 0.548. The van der Waals surface area contributed by atoms with Crippen molar-refractivity contribution in [3.8, 4) is 0 Å². The smallest absolute Gasteiger partial charge is 0.238 e. The summed E-state index contributed by atoms with van der Waals surface area (Å²) in [7, 11) is -2.32. The predicted octanol–water partition coefficient (Wildman–Crippen LogP) is -0.524. The van der Waals surface area contributed by atoms with Gasteiger partial charge >= 0.3 is 0 Å². The van der Waals surface area contributed by atoms with Gasteiger partial charge in [0.25, 0.3) is 0 Å². The maximum Gasteiger partial charge on any atom is 0.238 e. The second-order valence-corrected chi connectivity index (χ2v) is 3.36. The SMILES string of the molecule is NC(=S)Nc1nccc(=S(=O)=O)[nH]1. The highest BCUT2D eigenvalue weighted by Crippen LogP contribution is 1.93. The molecule has 0 bridgehead atoms. The van der Waals surface area contributed by atoms with Crippen LogP contribution in [0.15, 0.2) is 12.3 Å². The molecule has 13 heavy (non-hydrogen) atoms. The second-order valence-electron chi connectivity index (χ2n) is 2.01. The average Bonchev–Trinajstić information content (AvgIpc) is 2.03. The van der Waals surface area contributed by atoms with Gasteiger partial charge < -0.3 is 16.0 Å². The molecular formula is C5H6N4O2S2. The van der Waals surface area contributed by atoms with Gasteiger partial charge in [0.05, 0.1) is 0 Å². The second kappa shape index (κ2) is 4.01. The van der Waals surface area contributed by atoms with Crippen LogP contribution in [0.4, 0.5) is 5.95 Å². The molecule has 0 atom stereocenters. The summed E-state index contributed by atoms with van der Waals surface area (Å²) >= 11 is 4.54. The fraction of sp³-hybridized carbons (Fsp3) is 0. The van der Waals surface area contributed by atoms with Crippen molar-refractivity contribution in [2.75, 3.05) is 5.32 Å². The number of nitrogens with two attached hydrogens (primary N) is 1. The lowest BCUT2D eigenvalue weighted by atomic mass is 10.7. The van der Waals surface area contributed by atoms with Crippen molar-refractivity contribution in [2.45, 2.75) is 0 Å². The summed E-state index contributed by atoms with van der Waals surface area (Å²) < 4.78 is 21.0. The van der Waals surface area contributed by atoms with E-state index in [1.165, 1.54) is 12.3 Å². The Morgan fingerprint density at radius 2 is 2.38 bits per heavy atom. The maximum atomic E-state index is 10.5. The zero-order valence-corrected chi connectivity index (χ0v) is 7.95. The zero-order valence-electron chi connectivity index (χ0n) is 6.31. The molecule has 8 heteroatoms. The molecule has 0 radical (unpaired) electrons. The molecule has 1 aromatic heterocycles. The van der Waals surface area contributed by atoms with Crippen LogP contribution in [0.5, 0.6) is 0 Å². The molecule has 0 aliphatic heterocycles. The van der Waals surface area contributed by atoms with Gasteiger partial charge in [0, 0.05) is 6.20 Å². The molecule has 0 saturated heterocycles. The van der Waals surface area contributed by atoms with E-state index < -0.39 is 10.3 Å². The van der Waals surface area contributed by atoms with Gasteiger partial charge in [-0.3, -0.25) is 0 Å². The number of nitrogens with zero attached hydrogens (tertiary/aromatic N) is 1. The topological polar surface area (TPSA) is 101 Å². The van der Waals surface area contributed by atoms with Gasteiger partial charge in [-0.1, -0.05) is 0 Å². The van der Waals surface area contributed by atoms with Crippen LogP contribution in [0, 0.1) is 4.64 Å². The minimum atomic E-state index is -2.32. The van der Waals surface area contributed by atoms with Crippen molar-refractivity contribution < 1.29 is 8.42 Å². The van der Waals surface area contributed by atoms with Crippen LogP contribution in [0.1, 0.15) is 0 Å². The van der Waals surface area contributed by atoms with Gasteiger partial charge in [-0.2, -0.15) is 8.42 Å². The van der Waals surface area contributed by atoms with E-state index in [-0.39, 0.29) is 15.7 Å². The number of H-pyrrole nitrogens is 1. The molecule has 6 nitrogen and oxygen atoms in total. The third kappa shape index (κ3) is 2.84. The highest BCUT2D eigenvalue weighted by molar-refractivity contribution is 7.80. The summed E-state index contributed by atoms with van der Waals surface area (Å²) in [6.07, 6.45) is 1.32. The Morgan fingerprint density at radius 3 is 2.92 bits per heavy atom. The molecule has 1 heterocycles. The van der Waals surface area contributed by atoms with Gasteiger partial charge in [0.1, 0.15) is 0 Å². The first-order chi connectivity index (χ1) is 6.09. The van der Waals surface area contributed by atoms with Crippen LogP contribution in [-0.2, 0) is 10.3 Å². The van der Waals surface area contributed by atoms with Crippen molar-refractivity contribution in [3.05, 3.63) is 16.9 Å². The van der Waals surface area contributed by atoms with Crippen molar-refractivity contribution in [2.24, 2.45) is 5.73 Å². The third-order valence-electron chi connectivity index (χ3n) is 1.09. The first-order valence-corrected chi connectivity index (χ1v) is 4.62. The van der Waals surface area contributed by atoms with Crippen LogP contribution < -0.4 is 11.1 Å². The highest BCUT2D eigenvalue weighted by atomic mass is 32.2. The number of nitrogens with one attached hydrogen (secondary N) is 2. The van der Waals surface area contributed by atoms with E-state index in [2.05, 4.69) is 27.5 Å². The lowest BCUT2D eigenvalue weighted by Gasteiger charge is -1.99. The Bertz CT molecular complexity index is 481. The molecule has 0 aliphatic carbocycles. The number of hydrogen-bond donors (Lipinski definition) is 3. The van der Waals surface area contributed by atoms with Crippen molar-refractivity contribution in [1.29, 1.82) is 0 Å². The van der Waals surface area contributed by atoms with Gasteiger partial charge in [0.15, 0.2) is 9.75 Å². The zero-order chi connectivity index (χ0) is 9.84. The predicted molar refractivity (Wildman–Crippen MR) is 51.2 cm³/mol. The van der Waals surface area contributed by atoms with Gasteiger partial charge in [-0.15, -0.1) is 0 Å². The summed E-state index contributed by atoms with van der Waals surface area (Å²) in [6.45, 7) is 0. The largest absolute Gasteiger partial charge is 0.376 e. The fourth-order valence-corrected chi connectivity index (χ4v) is 1.10. The molecule has 0 unspecified atom stereocenters. The Morgan fingerprint density at radius 1 is 1.69 bits per heavy atom. The van der Waals surface area contributed by atoms with Crippen LogP contribution >= 0.6 is 12.2 Å². The standard InChI is InChI=1S/C5H6N4O2S2/c6-4(12)9-5-7-2-1-3(8-5)13(10)11/h1-2H,(H4,6,7,8,9,12). The van der Waals surface area contributed by atoms with Gasteiger partial charge in [-0.25, -0.2) is 4.98 Å². The lowest BCUT2D eigenvalue weighted by Crippen LogP contribution is -2.20. The molecular weight excluding hydrogens is 212 g/mol. The third-order valence-corrected chi connectivity index (χ3v) is 1.79. The lowest BCUT2D eigenvalue weighted by molar-refractivity contribution is 0.624. The maximum absolute atomic E-state index is 10.5. The minimum absolute atomic E-state index is 0.00810. The van der Waals surface area contributed by atoms with E-state index >= 15 is 0 Å². The molecule has 70 valence electrons. The summed E-state index contributed by atoms with van der Waals surface area (Å²) in [4.78, 5) is 6.23.